The second-order valence-electron chi connectivity index (χ2n) is 8.23. The van der Waals surface area contributed by atoms with Crippen LogP contribution in [0.4, 0.5) is 0 Å². The monoisotopic (exact) mass is 378 g/mol. The molecule has 1 aromatic rings. The lowest BCUT2D eigenvalue weighted by Crippen LogP contribution is -2.40. The van der Waals surface area contributed by atoms with Gasteiger partial charge >= 0.3 is 0 Å². The third-order valence-corrected chi connectivity index (χ3v) is 3.85. The second kappa shape index (κ2) is 11.1. The fraction of sp³-hybridized carbons (Fsp3) is 0.667. The molecule has 0 aliphatic heterocycles. The van der Waals surface area contributed by atoms with Crippen molar-refractivity contribution < 1.29 is 9.84 Å². The van der Waals surface area contributed by atoms with Crippen LogP contribution in [0.2, 0.25) is 0 Å². The average Bonchev–Trinajstić information content (AvgIpc) is 2.56. The number of aliphatic hydroxyl groups excluding tert-OH is 1. The maximum Gasteiger partial charge on any atom is 0.191 e. The van der Waals surface area contributed by atoms with Crippen molar-refractivity contribution in [1.82, 2.24) is 15.5 Å². The molecule has 1 atom stereocenters. The summed E-state index contributed by atoms with van der Waals surface area (Å²) < 4.78 is 5.64. The first-order valence-corrected chi connectivity index (χ1v) is 9.74. The summed E-state index contributed by atoms with van der Waals surface area (Å²) in [4.78, 5) is 6.86. The number of rotatable bonds is 10. The van der Waals surface area contributed by atoms with E-state index in [-0.39, 0.29) is 11.5 Å². The summed E-state index contributed by atoms with van der Waals surface area (Å²) in [6, 6.07) is 7.58. The lowest BCUT2D eigenvalue weighted by Gasteiger charge is -2.27. The molecule has 6 nitrogen and oxygen atoms in total. The van der Waals surface area contributed by atoms with E-state index in [2.05, 4.69) is 48.5 Å². The molecule has 27 heavy (non-hydrogen) atoms. The highest BCUT2D eigenvalue weighted by molar-refractivity contribution is 5.79. The van der Waals surface area contributed by atoms with Gasteiger partial charge in [-0.15, -0.1) is 0 Å². The van der Waals surface area contributed by atoms with Gasteiger partial charge < -0.3 is 25.4 Å². The molecule has 1 unspecified atom stereocenters. The molecule has 0 aliphatic rings. The molecule has 0 amide bonds. The van der Waals surface area contributed by atoms with Crippen LogP contribution in [0.5, 0.6) is 5.75 Å². The Labute approximate surface area is 165 Å². The highest BCUT2D eigenvalue weighted by Crippen LogP contribution is 2.19. The maximum atomic E-state index is 10.5. The maximum absolute atomic E-state index is 10.5. The summed E-state index contributed by atoms with van der Waals surface area (Å²) in [5.41, 5.74) is 0.930. The van der Waals surface area contributed by atoms with Crippen molar-refractivity contribution in [3.05, 3.63) is 29.8 Å². The Morgan fingerprint density at radius 3 is 2.33 bits per heavy atom. The van der Waals surface area contributed by atoms with E-state index in [0.29, 0.717) is 13.1 Å². The molecule has 1 aromatic carbocycles. The van der Waals surface area contributed by atoms with Gasteiger partial charge in [-0.2, -0.15) is 0 Å². The summed E-state index contributed by atoms with van der Waals surface area (Å²) in [5, 5.41) is 16.9. The number of hydrogen-bond acceptors (Lipinski definition) is 4. The lowest BCUT2D eigenvalue weighted by atomic mass is 9.93. The van der Waals surface area contributed by atoms with Gasteiger partial charge in [-0.3, -0.25) is 4.99 Å². The summed E-state index contributed by atoms with van der Waals surface area (Å²) in [6.45, 7) is 13.3. The minimum Gasteiger partial charge on any atom is -0.491 e. The number of benzene rings is 1. The Morgan fingerprint density at radius 1 is 1.19 bits per heavy atom. The van der Waals surface area contributed by atoms with E-state index in [0.717, 1.165) is 30.4 Å². The van der Waals surface area contributed by atoms with Crippen molar-refractivity contribution >= 4 is 5.96 Å². The Balaban J connectivity index is 2.63. The minimum absolute atomic E-state index is 0.0801. The molecule has 0 heterocycles. The van der Waals surface area contributed by atoms with Gasteiger partial charge in [0.25, 0.3) is 0 Å². The molecule has 0 aromatic heterocycles. The van der Waals surface area contributed by atoms with Crippen LogP contribution in [0, 0.1) is 5.41 Å². The van der Waals surface area contributed by atoms with E-state index < -0.39 is 6.10 Å². The van der Waals surface area contributed by atoms with E-state index in [1.165, 1.54) is 0 Å². The summed E-state index contributed by atoms with van der Waals surface area (Å²) >= 11 is 0. The fourth-order valence-corrected chi connectivity index (χ4v) is 2.89. The predicted octanol–water partition coefficient (Wildman–Crippen LogP) is 2.65. The number of hydrogen-bond donors (Lipinski definition) is 3. The zero-order chi connectivity index (χ0) is 20.4. The molecular weight excluding hydrogens is 340 g/mol. The van der Waals surface area contributed by atoms with Crippen LogP contribution in [0.25, 0.3) is 0 Å². The number of ether oxygens (including phenoxy) is 1. The molecule has 0 aliphatic carbocycles. The Hall–Kier alpha value is -1.79. The first-order chi connectivity index (χ1) is 12.6. The normalized spacial score (nSPS) is 13.8. The zero-order valence-electron chi connectivity index (χ0n) is 18.0. The van der Waals surface area contributed by atoms with Crippen molar-refractivity contribution in [1.29, 1.82) is 0 Å². The van der Waals surface area contributed by atoms with Gasteiger partial charge in [0.15, 0.2) is 5.96 Å². The van der Waals surface area contributed by atoms with E-state index in [9.17, 15) is 5.11 Å². The molecule has 1 rings (SSSR count). The topological polar surface area (TPSA) is 69.1 Å². The molecule has 0 radical (unpaired) electrons. The van der Waals surface area contributed by atoms with Gasteiger partial charge in [-0.1, -0.05) is 26.0 Å². The quantitative estimate of drug-likeness (QED) is 0.431. The van der Waals surface area contributed by atoms with Crippen molar-refractivity contribution in [2.75, 3.05) is 40.3 Å². The number of nitrogens with zero attached hydrogens (tertiary/aromatic N) is 2. The van der Waals surface area contributed by atoms with Gasteiger partial charge in [-0.05, 0) is 58.0 Å². The Kier molecular flexibility index (Phi) is 9.60. The number of nitrogens with one attached hydrogen (secondary N) is 2. The Morgan fingerprint density at radius 2 is 1.81 bits per heavy atom. The third kappa shape index (κ3) is 9.63. The van der Waals surface area contributed by atoms with Crippen LogP contribution >= 0.6 is 0 Å². The second-order valence-corrected chi connectivity index (χ2v) is 8.23. The zero-order valence-corrected chi connectivity index (χ0v) is 18.0. The molecule has 0 bridgehead atoms. The van der Waals surface area contributed by atoms with Crippen molar-refractivity contribution in [3.63, 3.8) is 0 Å². The summed E-state index contributed by atoms with van der Waals surface area (Å²) in [6.07, 6.45) is -0.477. The largest absolute Gasteiger partial charge is 0.491 e. The van der Waals surface area contributed by atoms with Gasteiger partial charge in [0.05, 0.1) is 12.2 Å². The molecule has 3 N–H and O–H groups in total. The first kappa shape index (κ1) is 23.2. The smallest absolute Gasteiger partial charge is 0.191 e. The van der Waals surface area contributed by atoms with Gasteiger partial charge in [0.1, 0.15) is 5.75 Å². The van der Waals surface area contributed by atoms with Gasteiger partial charge in [0.2, 0.25) is 0 Å². The molecule has 0 saturated heterocycles. The molecular formula is C21H38N4O2. The number of aliphatic hydroxyl groups is 1. The van der Waals surface area contributed by atoms with Crippen LogP contribution in [0.3, 0.4) is 0 Å². The van der Waals surface area contributed by atoms with Gasteiger partial charge in [0, 0.05) is 26.2 Å². The molecule has 154 valence electrons. The standard InChI is InChI=1S/C21H38N4O2/c1-8-22-20(24-14-21(4,5)15-25(6)7)23-13-19(26)17-9-11-18(12-10-17)27-16(2)3/h9-12,16,19,26H,8,13-15H2,1-7H3,(H2,22,23,24). The van der Waals surface area contributed by atoms with E-state index in [4.69, 9.17) is 4.74 Å². The van der Waals surface area contributed by atoms with E-state index in [1.54, 1.807) is 0 Å². The summed E-state index contributed by atoms with van der Waals surface area (Å²) in [5.74, 6) is 1.54. The SMILES string of the molecule is CCNC(=NCC(C)(C)CN(C)C)NCC(O)c1ccc(OC(C)C)cc1. The highest BCUT2D eigenvalue weighted by atomic mass is 16.5. The van der Waals surface area contributed by atoms with Crippen LogP contribution in [0.1, 0.15) is 46.3 Å². The minimum atomic E-state index is -0.614. The molecule has 0 spiro atoms. The number of guanidine groups is 1. The molecule has 6 heteroatoms. The first-order valence-electron chi connectivity index (χ1n) is 9.74. The lowest BCUT2D eigenvalue weighted by molar-refractivity contribution is 0.180. The average molecular weight is 379 g/mol. The van der Waals surface area contributed by atoms with Crippen molar-refractivity contribution in [2.24, 2.45) is 10.4 Å². The Bertz CT molecular complexity index is 568. The van der Waals surface area contributed by atoms with Crippen molar-refractivity contribution in [3.8, 4) is 5.75 Å². The van der Waals surface area contributed by atoms with E-state index in [1.807, 2.05) is 45.0 Å². The van der Waals surface area contributed by atoms with Crippen LogP contribution in [0.15, 0.2) is 29.3 Å². The van der Waals surface area contributed by atoms with Gasteiger partial charge in [-0.25, -0.2) is 0 Å². The van der Waals surface area contributed by atoms with Crippen LogP contribution in [-0.2, 0) is 0 Å². The highest BCUT2D eigenvalue weighted by Gasteiger charge is 2.19. The van der Waals surface area contributed by atoms with E-state index >= 15 is 0 Å². The predicted molar refractivity (Wildman–Crippen MR) is 113 cm³/mol. The number of aliphatic imine (C=N–C) groups is 1. The van der Waals surface area contributed by atoms with Crippen LogP contribution < -0.4 is 15.4 Å². The van der Waals surface area contributed by atoms with Crippen molar-refractivity contribution in [2.45, 2.75) is 46.8 Å². The molecule has 0 fully saturated rings. The van der Waals surface area contributed by atoms with Crippen LogP contribution in [-0.4, -0.2) is 62.3 Å². The summed E-state index contributed by atoms with van der Waals surface area (Å²) in [7, 11) is 4.14. The fourth-order valence-electron chi connectivity index (χ4n) is 2.89. The third-order valence-electron chi connectivity index (χ3n) is 3.85. The molecule has 0 saturated carbocycles.